The van der Waals surface area contributed by atoms with Crippen LogP contribution in [0.4, 0.5) is 0 Å². The molecule has 0 aromatic heterocycles. The quantitative estimate of drug-likeness (QED) is 0.231. The summed E-state index contributed by atoms with van der Waals surface area (Å²) in [5.41, 5.74) is 10.1. The second-order valence-electron chi connectivity index (χ2n) is 8.88. The van der Waals surface area contributed by atoms with Gasteiger partial charge in [0.05, 0.1) is 0 Å². The van der Waals surface area contributed by atoms with Crippen LogP contribution >= 0.6 is 12.4 Å². The third kappa shape index (κ3) is 6.57. The standard InChI is InChI=1S/C28H34N2O2.ClH/c31-27(29-32)14-4-2-1-3-9-19-30-20-17-24(18-21-30)28-25-12-7-5-10-22(25)15-16-23-11-6-8-13-26(23)28;/h5-8,10-13,15-16,32H,1-4,9,14,17-21H2,(H,29,31);1H. The Labute approximate surface area is 203 Å². The van der Waals surface area contributed by atoms with Crippen molar-refractivity contribution in [2.75, 3.05) is 19.6 Å². The van der Waals surface area contributed by atoms with Crippen LogP contribution in [0.15, 0.2) is 54.1 Å². The summed E-state index contributed by atoms with van der Waals surface area (Å²) >= 11 is 0. The van der Waals surface area contributed by atoms with Gasteiger partial charge in [-0.2, -0.15) is 0 Å². The average Bonchev–Trinajstić information content (AvgIpc) is 3.01. The Kier molecular flexibility index (Phi) is 9.74. The van der Waals surface area contributed by atoms with Crippen molar-refractivity contribution in [1.82, 2.24) is 10.4 Å². The highest BCUT2D eigenvalue weighted by Gasteiger charge is 2.22. The lowest BCUT2D eigenvalue weighted by Crippen LogP contribution is -2.32. The minimum Gasteiger partial charge on any atom is -0.303 e. The van der Waals surface area contributed by atoms with Crippen LogP contribution in [0.25, 0.3) is 17.7 Å². The topological polar surface area (TPSA) is 52.6 Å². The van der Waals surface area contributed by atoms with Crippen molar-refractivity contribution in [3.63, 3.8) is 0 Å². The van der Waals surface area contributed by atoms with Gasteiger partial charge in [-0.1, -0.05) is 85.5 Å². The lowest BCUT2D eigenvalue weighted by atomic mass is 9.86. The fourth-order valence-corrected chi connectivity index (χ4v) is 4.95. The number of unbranched alkanes of at least 4 members (excludes halogenated alkanes) is 4. The van der Waals surface area contributed by atoms with Crippen LogP contribution in [0, 0.1) is 0 Å². The van der Waals surface area contributed by atoms with E-state index in [1.807, 2.05) is 0 Å². The smallest absolute Gasteiger partial charge is 0.243 e. The fourth-order valence-electron chi connectivity index (χ4n) is 4.95. The van der Waals surface area contributed by atoms with Gasteiger partial charge in [0.15, 0.2) is 0 Å². The minimum atomic E-state index is -0.280. The lowest BCUT2D eigenvalue weighted by Gasteiger charge is -2.30. The van der Waals surface area contributed by atoms with Crippen LogP contribution < -0.4 is 5.48 Å². The molecule has 0 bridgehead atoms. The second kappa shape index (κ2) is 12.7. The number of nitrogens with one attached hydrogen (secondary N) is 1. The molecule has 2 N–H and O–H groups in total. The number of carbonyl (C=O) groups is 1. The molecule has 2 aromatic rings. The van der Waals surface area contributed by atoms with Crippen LogP contribution in [0.1, 0.15) is 73.6 Å². The van der Waals surface area contributed by atoms with Gasteiger partial charge < -0.3 is 4.90 Å². The molecule has 1 amide bonds. The number of benzene rings is 2. The van der Waals surface area contributed by atoms with E-state index < -0.39 is 0 Å². The van der Waals surface area contributed by atoms with E-state index in [0.717, 1.165) is 51.7 Å². The van der Waals surface area contributed by atoms with Gasteiger partial charge in [-0.3, -0.25) is 10.0 Å². The molecule has 176 valence electrons. The Morgan fingerprint density at radius 3 is 1.97 bits per heavy atom. The summed E-state index contributed by atoms with van der Waals surface area (Å²) in [5, 5.41) is 8.52. The zero-order valence-corrected chi connectivity index (χ0v) is 20.1. The molecule has 1 aliphatic heterocycles. The van der Waals surface area contributed by atoms with E-state index in [4.69, 9.17) is 5.21 Å². The number of hydrogen-bond acceptors (Lipinski definition) is 3. The molecule has 1 heterocycles. The Bertz CT molecular complexity index is 937. The first-order valence-corrected chi connectivity index (χ1v) is 12.0. The molecule has 0 unspecified atom stereocenters. The molecule has 1 aliphatic carbocycles. The van der Waals surface area contributed by atoms with E-state index in [1.165, 1.54) is 40.7 Å². The number of fused-ring (bicyclic) bond motifs is 2. The molecular weight excluding hydrogens is 432 g/mol. The number of carbonyl (C=O) groups excluding carboxylic acids is 1. The summed E-state index contributed by atoms with van der Waals surface area (Å²) in [6.45, 7) is 3.43. The van der Waals surface area contributed by atoms with Crippen molar-refractivity contribution in [3.8, 4) is 0 Å². The average molecular weight is 467 g/mol. The van der Waals surface area contributed by atoms with Crippen LogP contribution in [0.5, 0.6) is 0 Å². The van der Waals surface area contributed by atoms with E-state index in [-0.39, 0.29) is 18.3 Å². The van der Waals surface area contributed by atoms with Gasteiger partial charge in [0.1, 0.15) is 0 Å². The van der Waals surface area contributed by atoms with Crippen LogP contribution in [0.2, 0.25) is 0 Å². The highest BCUT2D eigenvalue weighted by atomic mass is 35.5. The van der Waals surface area contributed by atoms with E-state index in [0.29, 0.717) is 6.42 Å². The number of hydroxylamine groups is 1. The molecule has 1 saturated heterocycles. The maximum Gasteiger partial charge on any atom is 0.243 e. The molecule has 1 fully saturated rings. The predicted molar refractivity (Wildman–Crippen MR) is 138 cm³/mol. The first-order chi connectivity index (χ1) is 15.8. The molecule has 0 radical (unpaired) electrons. The predicted octanol–water partition coefficient (Wildman–Crippen LogP) is 6.34. The number of nitrogens with zero attached hydrogens (tertiary/aromatic N) is 1. The minimum absolute atomic E-state index is 0. The van der Waals surface area contributed by atoms with Crippen molar-refractivity contribution in [2.45, 2.75) is 51.4 Å². The molecule has 2 aromatic carbocycles. The number of piperidine rings is 1. The third-order valence-electron chi connectivity index (χ3n) is 6.72. The Morgan fingerprint density at radius 2 is 1.36 bits per heavy atom. The maximum absolute atomic E-state index is 11.0. The van der Waals surface area contributed by atoms with E-state index >= 15 is 0 Å². The van der Waals surface area contributed by atoms with Crippen molar-refractivity contribution < 1.29 is 10.0 Å². The monoisotopic (exact) mass is 466 g/mol. The van der Waals surface area contributed by atoms with Crippen molar-refractivity contribution in [3.05, 3.63) is 76.4 Å². The van der Waals surface area contributed by atoms with Gasteiger partial charge in [0.2, 0.25) is 5.91 Å². The van der Waals surface area contributed by atoms with Crippen LogP contribution in [-0.2, 0) is 4.79 Å². The van der Waals surface area contributed by atoms with E-state index in [9.17, 15) is 4.79 Å². The van der Waals surface area contributed by atoms with Crippen molar-refractivity contribution in [1.29, 1.82) is 0 Å². The zero-order chi connectivity index (χ0) is 22.2. The van der Waals surface area contributed by atoms with Gasteiger partial charge >= 0.3 is 0 Å². The van der Waals surface area contributed by atoms with E-state index in [2.05, 4.69) is 65.6 Å². The zero-order valence-electron chi connectivity index (χ0n) is 19.3. The van der Waals surface area contributed by atoms with Crippen molar-refractivity contribution in [2.24, 2.45) is 0 Å². The first-order valence-electron chi connectivity index (χ1n) is 12.0. The summed E-state index contributed by atoms with van der Waals surface area (Å²) in [6.07, 6.45) is 12.7. The third-order valence-corrected chi connectivity index (χ3v) is 6.72. The first kappa shape index (κ1) is 25.2. The molecule has 0 spiro atoms. The summed E-state index contributed by atoms with van der Waals surface area (Å²) < 4.78 is 0. The Hall–Kier alpha value is -2.40. The van der Waals surface area contributed by atoms with Gasteiger partial charge in [-0.25, -0.2) is 5.48 Å². The Morgan fingerprint density at radius 1 is 0.818 bits per heavy atom. The van der Waals surface area contributed by atoms with Gasteiger partial charge in [-0.05, 0) is 60.1 Å². The number of hydrogen-bond donors (Lipinski definition) is 2. The SMILES string of the molecule is Cl.O=C(CCCCCCCN1CCC(=C2c3ccccc3C=Cc3ccccc32)CC1)NO. The highest BCUT2D eigenvalue weighted by molar-refractivity contribution is 5.94. The highest BCUT2D eigenvalue weighted by Crippen LogP contribution is 2.38. The molecular formula is C28H35ClN2O2. The summed E-state index contributed by atoms with van der Waals surface area (Å²) in [5.74, 6) is -0.280. The molecule has 2 aliphatic rings. The number of likely N-dealkylation sites (tertiary alicyclic amines) is 1. The van der Waals surface area contributed by atoms with E-state index in [1.54, 1.807) is 11.1 Å². The van der Waals surface area contributed by atoms with Gasteiger partial charge in [0, 0.05) is 19.5 Å². The normalized spacial score (nSPS) is 15.3. The van der Waals surface area contributed by atoms with Crippen molar-refractivity contribution >= 4 is 36.0 Å². The summed E-state index contributed by atoms with van der Waals surface area (Å²) in [7, 11) is 0. The van der Waals surface area contributed by atoms with Crippen LogP contribution in [-0.4, -0.2) is 35.6 Å². The molecule has 4 nitrogen and oxygen atoms in total. The second-order valence-corrected chi connectivity index (χ2v) is 8.88. The molecule has 4 rings (SSSR count). The summed E-state index contributed by atoms with van der Waals surface area (Å²) in [4.78, 5) is 13.6. The summed E-state index contributed by atoms with van der Waals surface area (Å²) in [6, 6.07) is 17.6. The Balaban J connectivity index is 0.00000306. The number of rotatable bonds is 8. The largest absolute Gasteiger partial charge is 0.303 e. The molecule has 0 saturated carbocycles. The van der Waals surface area contributed by atoms with Gasteiger partial charge in [-0.15, -0.1) is 12.4 Å². The maximum atomic E-state index is 11.0. The fraction of sp³-hybridized carbons (Fsp3) is 0.393. The molecule has 5 heteroatoms. The van der Waals surface area contributed by atoms with Gasteiger partial charge in [0.25, 0.3) is 0 Å². The molecule has 33 heavy (non-hydrogen) atoms. The lowest BCUT2D eigenvalue weighted by molar-refractivity contribution is -0.129. The molecule has 0 atom stereocenters. The number of halogens is 1. The number of amides is 1. The van der Waals surface area contributed by atoms with Crippen LogP contribution in [0.3, 0.4) is 0 Å².